The van der Waals surface area contributed by atoms with Crippen molar-refractivity contribution in [1.82, 2.24) is 19.7 Å². The van der Waals surface area contributed by atoms with Gasteiger partial charge in [-0.2, -0.15) is 0 Å². The van der Waals surface area contributed by atoms with Crippen molar-refractivity contribution in [1.29, 1.82) is 0 Å². The number of pyridine rings is 1. The minimum atomic E-state index is -0.0142. The van der Waals surface area contributed by atoms with Crippen LogP contribution in [0.25, 0.3) is 27.8 Å². The number of aromatic nitrogens is 3. The molecule has 0 saturated heterocycles. The van der Waals surface area contributed by atoms with Crippen LogP contribution in [0.1, 0.15) is 49.0 Å². The van der Waals surface area contributed by atoms with Gasteiger partial charge in [-0.25, -0.2) is 4.98 Å². The predicted octanol–water partition coefficient (Wildman–Crippen LogP) is 5.18. The summed E-state index contributed by atoms with van der Waals surface area (Å²) in [5.74, 6) is 3.20. The van der Waals surface area contributed by atoms with Gasteiger partial charge in [0.15, 0.2) is 5.69 Å². The summed E-state index contributed by atoms with van der Waals surface area (Å²) in [6.45, 7) is 0. The zero-order valence-corrected chi connectivity index (χ0v) is 17.5. The smallest absolute Gasteiger partial charge is 0.272 e. The average molecular weight is 411 g/mol. The summed E-state index contributed by atoms with van der Waals surface area (Å²) in [6, 6.07) is 14.3. The molecule has 31 heavy (non-hydrogen) atoms. The van der Waals surface area contributed by atoms with Gasteiger partial charge in [-0.05, 0) is 92.7 Å². The highest BCUT2D eigenvalue weighted by Crippen LogP contribution is 2.55. The largest absolute Gasteiger partial charge is 0.361 e. The third-order valence-electron chi connectivity index (χ3n) is 7.99. The lowest BCUT2D eigenvalue weighted by Gasteiger charge is -2.56. The van der Waals surface area contributed by atoms with Crippen molar-refractivity contribution in [3.63, 3.8) is 0 Å². The molecule has 8 rings (SSSR count). The van der Waals surface area contributed by atoms with Gasteiger partial charge in [0.1, 0.15) is 5.82 Å². The lowest BCUT2D eigenvalue weighted by atomic mass is 9.53. The van der Waals surface area contributed by atoms with Crippen LogP contribution in [-0.2, 0) is 0 Å². The van der Waals surface area contributed by atoms with Gasteiger partial charge in [0.25, 0.3) is 5.91 Å². The Hall–Kier alpha value is -3.08. The molecule has 3 aromatic heterocycles. The van der Waals surface area contributed by atoms with Gasteiger partial charge in [-0.15, -0.1) is 0 Å². The van der Waals surface area contributed by atoms with Crippen molar-refractivity contribution in [2.75, 3.05) is 0 Å². The van der Waals surface area contributed by atoms with Crippen LogP contribution < -0.4 is 5.32 Å². The van der Waals surface area contributed by atoms with Gasteiger partial charge in [-0.3, -0.25) is 9.20 Å². The van der Waals surface area contributed by atoms with E-state index in [1.165, 1.54) is 19.3 Å². The number of imidazole rings is 1. The number of rotatable bonds is 3. The van der Waals surface area contributed by atoms with Crippen LogP contribution in [-0.4, -0.2) is 25.8 Å². The van der Waals surface area contributed by atoms with E-state index >= 15 is 0 Å². The Morgan fingerprint density at radius 2 is 1.81 bits per heavy atom. The number of carbonyl (C=O) groups excluding carboxylic acids is 1. The first kappa shape index (κ1) is 17.6. The van der Waals surface area contributed by atoms with E-state index in [1.54, 1.807) is 0 Å². The van der Waals surface area contributed by atoms with E-state index in [-0.39, 0.29) is 11.4 Å². The van der Waals surface area contributed by atoms with Crippen molar-refractivity contribution in [3.05, 3.63) is 60.6 Å². The molecule has 5 nitrogen and oxygen atoms in total. The number of amides is 1. The van der Waals surface area contributed by atoms with Crippen molar-refractivity contribution in [3.8, 4) is 11.4 Å². The van der Waals surface area contributed by atoms with Gasteiger partial charge in [0, 0.05) is 34.4 Å². The van der Waals surface area contributed by atoms with Gasteiger partial charge in [-0.1, -0.05) is 6.07 Å². The third kappa shape index (κ3) is 2.68. The van der Waals surface area contributed by atoms with Crippen LogP contribution in [0.5, 0.6) is 0 Å². The first-order chi connectivity index (χ1) is 15.2. The Balaban J connectivity index is 1.28. The molecule has 4 fully saturated rings. The van der Waals surface area contributed by atoms with Gasteiger partial charge in [0.05, 0.1) is 5.52 Å². The Morgan fingerprint density at radius 1 is 1.03 bits per heavy atom. The zero-order chi connectivity index (χ0) is 20.6. The summed E-state index contributed by atoms with van der Waals surface area (Å²) in [6.07, 6.45) is 11.5. The lowest BCUT2D eigenvalue weighted by molar-refractivity contribution is -0.0167. The fourth-order valence-corrected chi connectivity index (χ4v) is 7.16. The normalized spacial score (nSPS) is 29.1. The van der Waals surface area contributed by atoms with E-state index in [0.29, 0.717) is 5.69 Å². The quantitative estimate of drug-likeness (QED) is 0.489. The molecule has 0 spiro atoms. The van der Waals surface area contributed by atoms with E-state index < -0.39 is 0 Å². The second kappa shape index (κ2) is 6.22. The van der Waals surface area contributed by atoms with E-state index in [4.69, 9.17) is 4.98 Å². The van der Waals surface area contributed by atoms with E-state index in [9.17, 15) is 4.79 Å². The van der Waals surface area contributed by atoms with Crippen molar-refractivity contribution >= 4 is 22.3 Å². The number of benzene rings is 1. The highest BCUT2D eigenvalue weighted by atomic mass is 16.2. The molecule has 4 aromatic rings. The van der Waals surface area contributed by atoms with Gasteiger partial charge >= 0.3 is 0 Å². The molecule has 2 N–H and O–H groups in total. The van der Waals surface area contributed by atoms with Crippen molar-refractivity contribution < 1.29 is 4.79 Å². The lowest BCUT2D eigenvalue weighted by Crippen LogP contribution is -2.59. The minimum Gasteiger partial charge on any atom is -0.361 e. The SMILES string of the molecule is O=C(NC12CC3CC(CC(C3)C1)C2)c1nc(-c2ccc3[nH]ccc3c2)n2ccccc12. The topological polar surface area (TPSA) is 62.2 Å². The molecule has 5 heteroatoms. The highest BCUT2D eigenvalue weighted by Gasteiger charge is 2.51. The molecule has 1 amide bonds. The number of nitrogens with zero attached hydrogens (tertiary/aromatic N) is 2. The molecule has 156 valence electrons. The molecular formula is C26H26N4O. The second-order valence-electron chi connectivity index (χ2n) is 10.2. The highest BCUT2D eigenvalue weighted by molar-refractivity contribution is 6.00. The molecule has 0 atom stereocenters. The Morgan fingerprint density at radius 3 is 2.58 bits per heavy atom. The van der Waals surface area contributed by atoms with Crippen molar-refractivity contribution in [2.24, 2.45) is 17.8 Å². The maximum absolute atomic E-state index is 13.6. The van der Waals surface area contributed by atoms with Gasteiger partial charge in [0.2, 0.25) is 0 Å². The van der Waals surface area contributed by atoms with Crippen LogP contribution >= 0.6 is 0 Å². The monoisotopic (exact) mass is 410 g/mol. The molecule has 0 aliphatic heterocycles. The summed E-state index contributed by atoms with van der Waals surface area (Å²) in [4.78, 5) is 21.7. The Bertz CT molecular complexity index is 1290. The number of fused-ring (bicyclic) bond motifs is 2. The minimum absolute atomic E-state index is 0.0131. The van der Waals surface area contributed by atoms with E-state index in [0.717, 1.165) is 64.8 Å². The summed E-state index contributed by atoms with van der Waals surface area (Å²) < 4.78 is 2.04. The Kier molecular flexibility index (Phi) is 3.53. The fraction of sp³-hybridized carbons (Fsp3) is 0.385. The van der Waals surface area contributed by atoms with Crippen LogP contribution in [0, 0.1) is 17.8 Å². The standard InChI is InChI=1S/C26H26N4O/c31-25(29-26-13-16-9-17(14-26)11-18(10-16)15-26)23-22-3-1-2-8-30(22)24(28-23)20-4-5-21-19(12-20)6-7-27-21/h1-8,12,16-18,27H,9-11,13-15H2,(H,29,31). The van der Waals surface area contributed by atoms with Crippen LogP contribution in [0.15, 0.2) is 54.9 Å². The van der Waals surface area contributed by atoms with Gasteiger partial charge < -0.3 is 10.3 Å². The average Bonchev–Trinajstić information content (AvgIpc) is 3.36. The molecule has 4 saturated carbocycles. The number of carbonyl (C=O) groups is 1. The fourth-order valence-electron chi connectivity index (χ4n) is 7.16. The molecule has 4 aliphatic rings. The second-order valence-corrected chi connectivity index (χ2v) is 10.2. The van der Waals surface area contributed by atoms with E-state index in [1.807, 2.05) is 35.0 Å². The molecule has 0 radical (unpaired) electrons. The number of nitrogens with one attached hydrogen (secondary N) is 2. The summed E-state index contributed by atoms with van der Waals surface area (Å²) in [7, 11) is 0. The summed E-state index contributed by atoms with van der Waals surface area (Å²) in [5.41, 5.74) is 3.52. The van der Waals surface area contributed by atoms with Crippen LogP contribution in [0.4, 0.5) is 0 Å². The summed E-state index contributed by atoms with van der Waals surface area (Å²) >= 11 is 0. The number of aromatic amines is 1. The molecule has 1 aromatic carbocycles. The molecule has 0 unspecified atom stereocenters. The zero-order valence-electron chi connectivity index (χ0n) is 17.5. The van der Waals surface area contributed by atoms with Crippen LogP contribution in [0.3, 0.4) is 0 Å². The van der Waals surface area contributed by atoms with Crippen LogP contribution in [0.2, 0.25) is 0 Å². The molecular weight excluding hydrogens is 384 g/mol. The number of hydrogen-bond acceptors (Lipinski definition) is 2. The maximum Gasteiger partial charge on any atom is 0.272 e. The molecule has 4 aliphatic carbocycles. The van der Waals surface area contributed by atoms with E-state index in [2.05, 4.69) is 34.6 Å². The predicted molar refractivity (Wildman–Crippen MR) is 121 cm³/mol. The maximum atomic E-state index is 13.6. The first-order valence-electron chi connectivity index (χ1n) is 11.5. The molecule has 4 bridgehead atoms. The molecule has 3 heterocycles. The van der Waals surface area contributed by atoms with Crippen molar-refractivity contribution in [2.45, 2.75) is 44.1 Å². The number of H-pyrrole nitrogens is 1. The number of hydrogen-bond donors (Lipinski definition) is 2. The third-order valence-corrected chi connectivity index (χ3v) is 7.99. The Labute approximate surface area is 180 Å². The summed E-state index contributed by atoms with van der Waals surface area (Å²) in [5, 5.41) is 4.65. The first-order valence-corrected chi connectivity index (χ1v) is 11.5.